The Balaban J connectivity index is 2.09. The molecule has 0 aliphatic rings. The number of nitrogens with zero attached hydrogens (tertiary/aromatic N) is 1. The van der Waals surface area contributed by atoms with Crippen molar-refractivity contribution in [2.24, 2.45) is 5.10 Å². The second-order valence-electron chi connectivity index (χ2n) is 4.24. The molecule has 0 aliphatic heterocycles. The molecule has 4 N–H and O–H groups in total. The SMILES string of the molecule is O=C(NN=Cc1ccc(Cl)c(Cl)c1)c1cc(O)c(O)c(O)c1. The maximum atomic E-state index is 11.8. The number of phenols is 3. The first kappa shape index (κ1) is 15.9. The van der Waals surface area contributed by atoms with Crippen LogP contribution in [0.2, 0.25) is 10.0 Å². The molecule has 8 heteroatoms. The number of hydrogen-bond donors (Lipinski definition) is 4. The number of aromatic hydroxyl groups is 3. The monoisotopic (exact) mass is 340 g/mol. The molecule has 1 amide bonds. The minimum absolute atomic E-state index is 0.0703. The number of carbonyl (C=O) groups is 1. The van der Waals surface area contributed by atoms with Gasteiger partial charge in [-0.2, -0.15) is 5.10 Å². The molecule has 0 radical (unpaired) electrons. The van der Waals surface area contributed by atoms with Gasteiger partial charge in [0.2, 0.25) is 0 Å². The molecule has 114 valence electrons. The van der Waals surface area contributed by atoms with Gasteiger partial charge in [-0.05, 0) is 29.8 Å². The van der Waals surface area contributed by atoms with Gasteiger partial charge < -0.3 is 15.3 Å². The third-order valence-electron chi connectivity index (χ3n) is 2.66. The van der Waals surface area contributed by atoms with Crippen molar-refractivity contribution in [1.29, 1.82) is 0 Å². The van der Waals surface area contributed by atoms with Gasteiger partial charge in [0.05, 0.1) is 16.3 Å². The van der Waals surface area contributed by atoms with E-state index in [0.717, 1.165) is 12.1 Å². The molecule has 0 saturated heterocycles. The fraction of sp³-hybridized carbons (Fsp3) is 0. The highest BCUT2D eigenvalue weighted by Gasteiger charge is 2.12. The van der Waals surface area contributed by atoms with Gasteiger partial charge in [-0.1, -0.05) is 29.3 Å². The van der Waals surface area contributed by atoms with E-state index in [1.807, 2.05) is 0 Å². The van der Waals surface area contributed by atoms with Crippen LogP contribution in [0.4, 0.5) is 0 Å². The molecule has 0 bridgehead atoms. The van der Waals surface area contributed by atoms with Crippen molar-refractivity contribution in [3.8, 4) is 17.2 Å². The van der Waals surface area contributed by atoms with E-state index in [9.17, 15) is 20.1 Å². The van der Waals surface area contributed by atoms with Crippen molar-refractivity contribution >= 4 is 35.3 Å². The Hall–Kier alpha value is -2.44. The molecule has 2 rings (SSSR count). The van der Waals surface area contributed by atoms with E-state index < -0.39 is 23.2 Å². The highest BCUT2D eigenvalue weighted by atomic mass is 35.5. The van der Waals surface area contributed by atoms with Crippen molar-refractivity contribution in [2.75, 3.05) is 0 Å². The van der Waals surface area contributed by atoms with Crippen LogP contribution in [-0.2, 0) is 0 Å². The summed E-state index contributed by atoms with van der Waals surface area (Å²) in [6.07, 6.45) is 1.35. The first-order valence-corrected chi connectivity index (χ1v) is 6.67. The molecule has 22 heavy (non-hydrogen) atoms. The lowest BCUT2D eigenvalue weighted by atomic mass is 10.2. The smallest absolute Gasteiger partial charge is 0.271 e. The molecule has 0 aliphatic carbocycles. The molecule has 0 spiro atoms. The largest absolute Gasteiger partial charge is 0.504 e. The van der Waals surface area contributed by atoms with Crippen LogP contribution in [0.1, 0.15) is 15.9 Å². The molecule has 0 heterocycles. The van der Waals surface area contributed by atoms with E-state index >= 15 is 0 Å². The number of benzene rings is 2. The minimum atomic E-state index is -0.698. The van der Waals surface area contributed by atoms with E-state index in [0.29, 0.717) is 15.6 Å². The molecule has 2 aromatic carbocycles. The van der Waals surface area contributed by atoms with E-state index in [1.165, 1.54) is 6.21 Å². The fourth-order valence-electron chi connectivity index (χ4n) is 1.56. The fourth-order valence-corrected chi connectivity index (χ4v) is 1.86. The van der Waals surface area contributed by atoms with Crippen LogP contribution in [0.5, 0.6) is 17.2 Å². The van der Waals surface area contributed by atoms with Crippen LogP contribution in [0.25, 0.3) is 0 Å². The summed E-state index contributed by atoms with van der Waals surface area (Å²) in [5, 5.41) is 32.3. The number of halogens is 2. The molecule has 2 aromatic rings. The van der Waals surface area contributed by atoms with Gasteiger partial charge in [0.15, 0.2) is 17.2 Å². The predicted molar refractivity (Wildman–Crippen MR) is 83.0 cm³/mol. The van der Waals surface area contributed by atoms with Crippen molar-refractivity contribution in [1.82, 2.24) is 5.43 Å². The summed E-state index contributed by atoms with van der Waals surface area (Å²) >= 11 is 11.6. The maximum absolute atomic E-state index is 11.8. The molecular weight excluding hydrogens is 331 g/mol. The van der Waals surface area contributed by atoms with E-state index in [2.05, 4.69) is 10.5 Å². The molecule has 0 fully saturated rings. The molecular formula is C14H10Cl2N2O4. The van der Waals surface area contributed by atoms with Crippen LogP contribution < -0.4 is 5.43 Å². The first-order chi connectivity index (χ1) is 10.4. The Morgan fingerprint density at radius 2 is 1.68 bits per heavy atom. The summed E-state index contributed by atoms with van der Waals surface area (Å²) in [7, 11) is 0. The van der Waals surface area contributed by atoms with Crippen LogP contribution in [0, 0.1) is 0 Å². The summed E-state index contributed by atoms with van der Waals surface area (Å²) in [6.45, 7) is 0. The van der Waals surface area contributed by atoms with E-state index in [4.69, 9.17) is 23.2 Å². The van der Waals surface area contributed by atoms with Gasteiger partial charge in [0.25, 0.3) is 5.91 Å². The second-order valence-corrected chi connectivity index (χ2v) is 5.05. The Morgan fingerprint density at radius 3 is 2.27 bits per heavy atom. The average Bonchev–Trinajstić information content (AvgIpc) is 2.47. The second kappa shape index (κ2) is 6.55. The highest BCUT2D eigenvalue weighted by Crippen LogP contribution is 2.35. The van der Waals surface area contributed by atoms with Gasteiger partial charge >= 0.3 is 0 Å². The Bertz CT molecular complexity index is 739. The summed E-state index contributed by atoms with van der Waals surface area (Å²) in [5.74, 6) is -2.60. The zero-order valence-electron chi connectivity index (χ0n) is 10.9. The molecule has 0 unspecified atom stereocenters. The van der Waals surface area contributed by atoms with Crippen molar-refractivity contribution < 1.29 is 20.1 Å². The van der Waals surface area contributed by atoms with E-state index in [-0.39, 0.29) is 5.56 Å². The highest BCUT2D eigenvalue weighted by molar-refractivity contribution is 6.42. The summed E-state index contributed by atoms with van der Waals surface area (Å²) < 4.78 is 0. The lowest BCUT2D eigenvalue weighted by Gasteiger charge is -2.04. The minimum Gasteiger partial charge on any atom is -0.504 e. The maximum Gasteiger partial charge on any atom is 0.271 e. The number of rotatable bonds is 3. The summed E-state index contributed by atoms with van der Waals surface area (Å²) in [6, 6.07) is 6.81. The standard InChI is InChI=1S/C14H10Cl2N2O4/c15-9-2-1-7(3-10(9)16)6-17-18-14(22)8-4-11(19)13(21)12(20)5-8/h1-6,19-21H,(H,18,22). The molecule has 0 saturated carbocycles. The number of amides is 1. The third kappa shape index (κ3) is 3.60. The van der Waals surface area contributed by atoms with Crippen LogP contribution in [-0.4, -0.2) is 27.4 Å². The zero-order chi connectivity index (χ0) is 16.3. The molecule has 0 aromatic heterocycles. The molecule has 0 atom stereocenters. The summed E-state index contributed by atoms with van der Waals surface area (Å²) in [4.78, 5) is 11.8. The van der Waals surface area contributed by atoms with Crippen LogP contribution in [0.15, 0.2) is 35.4 Å². The summed E-state index contributed by atoms with van der Waals surface area (Å²) in [5.41, 5.74) is 2.75. The Kier molecular flexibility index (Phi) is 4.75. The number of hydrogen-bond acceptors (Lipinski definition) is 5. The predicted octanol–water partition coefficient (Wildman–Crippen LogP) is 2.87. The normalized spacial score (nSPS) is 10.8. The van der Waals surface area contributed by atoms with Crippen molar-refractivity contribution in [2.45, 2.75) is 0 Å². The van der Waals surface area contributed by atoms with Crippen molar-refractivity contribution in [3.05, 3.63) is 51.5 Å². The number of phenolic OH excluding ortho intramolecular Hbond substituents is 3. The van der Waals surface area contributed by atoms with Gasteiger partial charge in [0.1, 0.15) is 0 Å². The van der Waals surface area contributed by atoms with Gasteiger partial charge in [-0.3, -0.25) is 4.79 Å². The number of nitrogens with one attached hydrogen (secondary N) is 1. The first-order valence-electron chi connectivity index (χ1n) is 5.92. The average molecular weight is 341 g/mol. The van der Waals surface area contributed by atoms with Crippen molar-refractivity contribution in [3.63, 3.8) is 0 Å². The van der Waals surface area contributed by atoms with Gasteiger partial charge in [-0.25, -0.2) is 5.43 Å². The van der Waals surface area contributed by atoms with Gasteiger partial charge in [0, 0.05) is 5.56 Å². The van der Waals surface area contributed by atoms with Crippen LogP contribution in [0.3, 0.4) is 0 Å². The lowest BCUT2D eigenvalue weighted by molar-refractivity contribution is 0.0954. The quantitative estimate of drug-likeness (QED) is 0.392. The number of hydrazone groups is 1. The Labute approximate surface area is 135 Å². The number of carbonyl (C=O) groups excluding carboxylic acids is 1. The third-order valence-corrected chi connectivity index (χ3v) is 3.39. The van der Waals surface area contributed by atoms with Crippen LogP contribution >= 0.6 is 23.2 Å². The zero-order valence-corrected chi connectivity index (χ0v) is 12.4. The Morgan fingerprint density at radius 1 is 1.05 bits per heavy atom. The topological polar surface area (TPSA) is 102 Å². The lowest BCUT2D eigenvalue weighted by Crippen LogP contribution is -2.17. The molecule has 6 nitrogen and oxygen atoms in total. The van der Waals surface area contributed by atoms with Gasteiger partial charge in [-0.15, -0.1) is 0 Å². The van der Waals surface area contributed by atoms with E-state index in [1.54, 1.807) is 18.2 Å².